The summed E-state index contributed by atoms with van der Waals surface area (Å²) >= 11 is 7.53. The molecule has 3 rings (SSSR count). The Kier molecular flexibility index (Phi) is 6.49. The number of rotatable bonds is 7. The maximum Gasteiger partial charge on any atom is 0.261 e. The Bertz CT molecular complexity index is 993. The van der Waals surface area contributed by atoms with Crippen molar-refractivity contribution < 1.29 is 13.9 Å². The summed E-state index contributed by atoms with van der Waals surface area (Å²) in [5.74, 6) is -0.0290. The molecule has 0 spiro atoms. The van der Waals surface area contributed by atoms with Crippen molar-refractivity contribution >= 4 is 44.2 Å². The lowest BCUT2D eigenvalue weighted by molar-refractivity contribution is 0.0985. The highest BCUT2D eigenvalue weighted by Gasteiger charge is 2.23. The highest BCUT2D eigenvalue weighted by molar-refractivity contribution is 7.22. The van der Waals surface area contributed by atoms with E-state index >= 15 is 0 Å². The van der Waals surface area contributed by atoms with Gasteiger partial charge in [-0.25, -0.2) is 9.37 Å². The van der Waals surface area contributed by atoms with Crippen LogP contribution in [0.2, 0.25) is 5.02 Å². The Labute approximate surface area is 172 Å². The van der Waals surface area contributed by atoms with Gasteiger partial charge in [0.1, 0.15) is 11.6 Å². The van der Waals surface area contributed by atoms with Crippen LogP contribution >= 0.6 is 22.9 Å². The summed E-state index contributed by atoms with van der Waals surface area (Å²) in [6, 6.07) is 9.43. The third-order valence-electron chi connectivity index (χ3n) is 4.07. The van der Waals surface area contributed by atoms with Gasteiger partial charge in [-0.15, -0.1) is 0 Å². The topological polar surface area (TPSA) is 45.7 Å². The molecule has 0 bridgehead atoms. The number of amides is 1. The molecule has 1 aromatic heterocycles. The second kappa shape index (κ2) is 8.86. The van der Waals surface area contributed by atoms with Crippen LogP contribution in [0.4, 0.5) is 9.52 Å². The molecule has 0 aliphatic heterocycles. The molecule has 0 saturated heterocycles. The van der Waals surface area contributed by atoms with Crippen molar-refractivity contribution in [2.45, 2.75) is 6.92 Å². The molecule has 0 aliphatic rings. The fourth-order valence-corrected chi connectivity index (χ4v) is 3.92. The van der Waals surface area contributed by atoms with Crippen LogP contribution < -0.4 is 9.64 Å². The first-order chi connectivity index (χ1) is 13.4. The lowest BCUT2D eigenvalue weighted by Crippen LogP contribution is -2.36. The molecule has 5 nitrogen and oxygen atoms in total. The number of hydrogen-bond donors (Lipinski definition) is 0. The van der Waals surface area contributed by atoms with Crippen LogP contribution in [0, 0.1) is 5.82 Å². The predicted molar refractivity (Wildman–Crippen MR) is 112 cm³/mol. The van der Waals surface area contributed by atoms with Gasteiger partial charge < -0.3 is 9.64 Å². The van der Waals surface area contributed by atoms with Crippen molar-refractivity contribution in [2.75, 3.05) is 38.7 Å². The first-order valence-corrected chi connectivity index (χ1v) is 10.0. The monoisotopic (exact) mass is 421 g/mol. The van der Waals surface area contributed by atoms with E-state index in [1.54, 1.807) is 4.90 Å². The second-order valence-electron chi connectivity index (χ2n) is 6.44. The Balaban J connectivity index is 1.99. The van der Waals surface area contributed by atoms with E-state index in [4.69, 9.17) is 16.3 Å². The molecule has 0 radical (unpaired) electrons. The van der Waals surface area contributed by atoms with Crippen molar-refractivity contribution in [2.24, 2.45) is 0 Å². The standard InChI is InChI=1S/C20H21ClFN3O2S/c1-4-27-14-6-8-17-18(12-14)28-20(23-17)25(10-9-24(2)3)19(26)15-7-5-13(22)11-16(15)21/h5-8,11-12H,4,9-10H2,1-3H3. The van der Waals surface area contributed by atoms with Gasteiger partial charge in [0.05, 0.1) is 27.4 Å². The van der Waals surface area contributed by atoms with E-state index in [0.29, 0.717) is 24.8 Å². The molecule has 8 heteroatoms. The van der Waals surface area contributed by atoms with Crippen LogP contribution in [-0.2, 0) is 0 Å². The zero-order valence-electron chi connectivity index (χ0n) is 15.9. The molecule has 0 atom stereocenters. The first-order valence-electron chi connectivity index (χ1n) is 8.84. The minimum absolute atomic E-state index is 0.0830. The molecule has 0 fully saturated rings. The summed E-state index contributed by atoms with van der Waals surface area (Å²) in [6.07, 6.45) is 0. The van der Waals surface area contributed by atoms with E-state index in [2.05, 4.69) is 4.98 Å². The Morgan fingerprint density at radius 1 is 1.21 bits per heavy atom. The smallest absolute Gasteiger partial charge is 0.261 e. The quantitative estimate of drug-likeness (QED) is 0.555. The van der Waals surface area contributed by atoms with Crippen LogP contribution in [0.15, 0.2) is 36.4 Å². The van der Waals surface area contributed by atoms with E-state index in [0.717, 1.165) is 22.0 Å². The van der Waals surface area contributed by atoms with E-state index in [1.807, 2.05) is 44.1 Å². The molecule has 0 aliphatic carbocycles. The number of anilines is 1. The summed E-state index contributed by atoms with van der Waals surface area (Å²) in [4.78, 5) is 21.4. The lowest BCUT2D eigenvalue weighted by Gasteiger charge is -2.22. The lowest BCUT2D eigenvalue weighted by atomic mass is 10.2. The number of hydrogen-bond acceptors (Lipinski definition) is 5. The number of ether oxygens (including phenoxy) is 1. The van der Waals surface area contributed by atoms with Gasteiger partial charge in [-0.05, 0) is 57.4 Å². The molecule has 28 heavy (non-hydrogen) atoms. The van der Waals surface area contributed by atoms with Gasteiger partial charge in [0.15, 0.2) is 5.13 Å². The zero-order valence-corrected chi connectivity index (χ0v) is 17.5. The summed E-state index contributed by atoms with van der Waals surface area (Å²) < 4.78 is 19.9. The number of likely N-dealkylation sites (N-methyl/N-ethyl adjacent to an activating group) is 1. The minimum atomic E-state index is -0.482. The summed E-state index contributed by atoms with van der Waals surface area (Å²) in [5, 5.41) is 0.649. The van der Waals surface area contributed by atoms with Gasteiger partial charge >= 0.3 is 0 Å². The van der Waals surface area contributed by atoms with Crippen molar-refractivity contribution in [3.63, 3.8) is 0 Å². The van der Waals surface area contributed by atoms with Gasteiger partial charge in [0.2, 0.25) is 0 Å². The number of thiazole rings is 1. The normalized spacial score (nSPS) is 11.2. The van der Waals surface area contributed by atoms with Crippen LogP contribution in [-0.4, -0.2) is 49.6 Å². The van der Waals surface area contributed by atoms with Crippen LogP contribution in [0.3, 0.4) is 0 Å². The SMILES string of the molecule is CCOc1ccc2nc(N(CCN(C)C)C(=O)c3ccc(F)cc3Cl)sc2c1. The largest absolute Gasteiger partial charge is 0.494 e. The number of halogens is 2. The molecule has 0 saturated carbocycles. The predicted octanol–water partition coefficient (Wildman–Crippen LogP) is 4.70. The number of carbonyl (C=O) groups is 1. The molecule has 1 heterocycles. The molecule has 0 unspecified atom stereocenters. The third-order valence-corrected chi connectivity index (χ3v) is 5.42. The van der Waals surface area contributed by atoms with Gasteiger partial charge in [-0.3, -0.25) is 9.69 Å². The van der Waals surface area contributed by atoms with E-state index in [9.17, 15) is 9.18 Å². The van der Waals surface area contributed by atoms with Gasteiger partial charge in [-0.1, -0.05) is 22.9 Å². The van der Waals surface area contributed by atoms with Gasteiger partial charge in [0, 0.05) is 13.1 Å². The molecule has 1 amide bonds. The summed E-state index contributed by atoms with van der Waals surface area (Å²) in [7, 11) is 3.86. The van der Waals surface area contributed by atoms with E-state index in [-0.39, 0.29) is 16.5 Å². The van der Waals surface area contributed by atoms with Crippen molar-refractivity contribution in [1.82, 2.24) is 9.88 Å². The van der Waals surface area contributed by atoms with Gasteiger partial charge in [-0.2, -0.15) is 0 Å². The van der Waals surface area contributed by atoms with E-state index < -0.39 is 5.82 Å². The fourth-order valence-electron chi connectivity index (χ4n) is 2.66. The first kappa shape index (κ1) is 20.5. The van der Waals surface area contributed by atoms with E-state index in [1.165, 1.54) is 23.5 Å². The zero-order chi connectivity index (χ0) is 20.3. The number of benzene rings is 2. The average Bonchev–Trinajstić information content (AvgIpc) is 3.04. The van der Waals surface area contributed by atoms with Crippen molar-refractivity contribution in [3.8, 4) is 5.75 Å². The number of carbonyl (C=O) groups excluding carboxylic acids is 1. The molecule has 3 aromatic rings. The molecular formula is C20H21ClFN3O2S. The third kappa shape index (κ3) is 4.60. The van der Waals surface area contributed by atoms with Crippen LogP contribution in [0.5, 0.6) is 5.75 Å². The summed E-state index contributed by atoms with van der Waals surface area (Å²) in [6.45, 7) is 3.58. The van der Waals surface area contributed by atoms with Crippen LogP contribution in [0.25, 0.3) is 10.2 Å². The van der Waals surface area contributed by atoms with Crippen LogP contribution in [0.1, 0.15) is 17.3 Å². The minimum Gasteiger partial charge on any atom is -0.494 e. The highest BCUT2D eigenvalue weighted by Crippen LogP contribution is 2.33. The Hall–Kier alpha value is -2.22. The maximum absolute atomic E-state index is 13.4. The second-order valence-corrected chi connectivity index (χ2v) is 7.86. The summed E-state index contributed by atoms with van der Waals surface area (Å²) in [5.41, 5.74) is 1.03. The van der Waals surface area contributed by atoms with Crippen molar-refractivity contribution in [3.05, 3.63) is 52.8 Å². The average molecular weight is 422 g/mol. The molecular weight excluding hydrogens is 401 g/mol. The molecule has 148 valence electrons. The highest BCUT2D eigenvalue weighted by atomic mass is 35.5. The number of fused-ring (bicyclic) bond motifs is 1. The fraction of sp³-hybridized carbons (Fsp3) is 0.300. The maximum atomic E-state index is 13.4. The Morgan fingerprint density at radius 3 is 2.68 bits per heavy atom. The number of nitrogens with zero attached hydrogens (tertiary/aromatic N) is 3. The Morgan fingerprint density at radius 2 is 2.00 bits per heavy atom. The van der Waals surface area contributed by atoms with Gasteiger partial charge in [0.25, 0.3) is 5.91 Å². The number of aromatic nitrogens is 1. The van der Waals surface area contributed by atoms with Crippen molar-refractivity contribution in [1.29, 1.82) is 0 Å². The molecule has 0 N–H and O–H groups in total. The molecule has 2 aromatic carbocycles.